The molecule has 1 heterocycles. The van der Waals surface area contributed by atoms with Crippen LogP contribution in [0.3, 0.4) is 0 Å². The van der Waals surface area contributed by atoms with Gasteiger partial charge in [0.15, 0.2) is 0 Å². The van der Waals surface area contributed by atoms with Crippen LogP contribution in [0.4, 0.5) is 0 Å². The summed E-state index contributed by atoms with van der Waals surface area (Å²) in [5, 5.41) is 12.7. The summed E-state index contributed by atoms with van der Waals surface area (Å²) in [6, 6.07) is 14.5. The Morgan fingerprint density at radius 1 is 1.00 bits per heavy atom. The molecular formula is C16H19NO. The number of hydrogen-bond donors (Lipinski definition) is 1. The Morgan fingerprint density at radius 3 is 2.50 bits per heavy atom. The predicted molar refractivity (Wildman–Crippen MR) is 74.6 cm³/mol. The van der Waals surface area contributed by atoms with Gasteiger partial charge in [-0.1, -0.05) is 36.4 Å². The van der Waals surface area contributed by atoms with E-state index in [4.69, 9.17) is 0 Å². The zero-order valence-corrected chi connectivity index (χ0v) is 10.5. The number of benzene rings is 2. The molecule has 3 rings (SSSR count). The summed E-state index contributed by atoms with van der Waals surface area (Å²) < 4.78 is 0. The molecule has 0 amide bonds. The van der Waals surface area contributed by atoms with Crippen LogP contribution < -0.4 is 0 Å². The van der Waals surface area contributed by atoms with Crippen molar-refractivity contribution in [3.8, 4) is 0 Å². The van der Waals surface area contributed by atoms with Gasteiger partial charge in [-0.05, 0) is 48.3 Å². The molecule has 94 valence electrons. The number of rotatable bonds is 3. The zero-order chi connectivity index (χ0) is 12.4. The Labute approximate surface area is 108 Å². The number of aliphatic hydroxyl groups excluding tert-OH is 1. The molecule has 1 aliphatic rings. The fraction of sp³-hybridized carbons (Fsp3) is 0.375. The molecule has 0 unspecified atom stereocenters. The van der Waals surface area contributed by atoms with Gasteiger partial charge in [-0.25, -0.2) is 0 Å². The van der Waals surface area contributed by atoms with E-state index in [-0.39, 0.29) is 6.10 Å². The molecular weight excluding hydrogens is 222 g/mol. The van der Waals surface area contributed by atoms with Crippen LogP contribution in [0.2, 0.25) is 0 Å². The van der Waals surface area contributed by atoms with Crippen LogP contribution >= 0.6 is 0 Å². The highest BCUT2D eigenvalue weighted by molar-refractivity contribution is 5.83. The van der Waals surface area contributed by atoms with Crippen molar-refractivity contribution in [1.82, 2.24) is 4.90 Å². The Balaban J connectivity index is 1.80. The van der Waals surface area contributed by atoms with E-state index in [0.29, 0.717) is 0 Å². The first kappa shape index (κ1) is 11.7. The molecule has 1 fully saturated rings. The molecule has 1 N–H and O–H groups in total. The van der Waals surface area contributed by atoms with Gasteiger partial charge in [0.05, 0.1) is 6.10 Å². The highest BCUT2D eigenvalue weighted by atomic mass is 16.3. The Morgan fingerprint density at radius 2 is 1.72 bits per heavy atom. The third-order valence-electron chi connectivity index (χ3n) is 3.79. The van der Waals surface area contributed by atoms with Crippen molar-refractivity contribution < 1.29 is 5.11 Å². The van der Waals surface area contributed by atoms with E-state index in [1.165, 1.54) is 23.6 Å². The lowest BCUT2D eigenvalue weighted by atomic mass is 10.0. The summed E-state index contributed by atoms with van der Waals surface area (Å²) in [5.74, 6) is 0. The molecule has 0 aromatic heterocycles. The molecule has 18 heavy (non-hydrogen) atoms. The summed E-state index contributed by atoms with van der Waals surface area (Å²) in [5.41, 5.74) is 1.03. The van der Waals surface area contributed by atoms with Crippen molar-refractivity contribution in [2.24, 2.45) is 0 Å². The molecule has 0 aliphatic carbocycles. The van der Waals surface area contributed by atoms with Gasteiger partial charge in [-0.15, -0.1) is 0 Å². The molecule has 2 aromatic carbocycles. The van der Waals surface area contributed by atoms with Crippen molar-refractivity contribution >= 4 is 10.8 Å². The average molecular weight is 241 g/mol. The number of fused-ring (bicyclic) bond motifs is 1. The van der Waals surface area contributed by atoms with E-state index in [1.807, 2.05) is 18.2 Å². The van der Waals surface area contributed by atoms with E-state index in [1.54, 1.807) is 0 Å². The molecule has 1 aliphatic heterocycles. The highest BCUT2D eigenvalue weighted by Gasteiger charge is 2.16. The lowest BCUT2D eigenvalue weighted by Crippen LogP contribution is -2.25. The van der Waals surface area contributed by atoms with Crippen molar-refractivity contribution in [3.05, 3.63) is 48.0 Å². The van der Waals surface area contributed by atoms with E-state index < -0.39 is 0 Å². The lowest BCUT2D eigenvalue weighted by molar-refractivity contribution is 0.126. The highest BCUT2D eigenvalue weighted by Crippen LogP contribution is 2.22. The smallest absolute Gasteiger partial charge is 0.0917 e. The maximum atomic E-state index is 10.3. The minimum atomic E-state index is -0.368. The molecule has 2 heteroatoms. The van der Waals surface area contributed by atoms with E-state index in [0.717, 1.165) is 25.2 Å². The average Bonchev–Trinajstić information content (AvgIpc) is 2.91. The number of hydrogen-bond acceptors (Lipinski definition) is 2. The molecule has 0 bridgehead atoms. The van der Waals surface area contributed by atoms with Gasteiger partial charge in [0.2, 0.25) is 0 Å². The standard InChI is InChI=1S/C16H19NO/c18-16(12-17-9-3-4-10-17)15-8-7-13-5-1-2-6-14(13)11-15/h1-2,5-8,11,16,18H,3-4,9-10,12H2/t16-/m0/s1. The summed E-state index contributed by atoms with van der Waals surface area (Å²) >= 11 is 0. The van der Waals surface area contributed by atoms with Gasteiger partial charge in [0.25, 0.3) is 0 Å². The van der Waals surface area contributed by atoms with E-state index in [9.17, 15) is 5.11 Å². The molecule has 1 atom stereocenters. The second-order valence-electron chi connectivity index (χ2n) is 5.13. The third-order valence-corrected chi connectivity index (χ3v) is 3.79. The molecule has 0 radical (unpaired) electrons. The first-order valence-corrected chi connectivity index (χ1v) is 6.72. The monoisotopic (exact) mass is 241 g/mol. The van der Waals surface area contributed by atoms with Crippen molar-refractivity contribution in [2.45, 2.75) is 18.9 Å². The van der Waals surface area contributed by atoms with Gasteiger partial charge in [-0.3, -0.25) is 0 Å². The fourth-order valence-corrected chi connectivity index (χ4v) is 2.73. The topological polar surface area (TPSA) is 23.5 Å². The molecule has 0 saturated carbocycles. The van der Waals surface area contributed by atoms with E-state index >= 15 is 0 Å². The largest absolute Gasteiger partial charge is 0.387 e. The molecule has 0 spiro atoms. The lowest BCUT2D eigenvalue weighted by Gasteiger charge is -2.19. The summed E-state index contributed by atoms with van der Waals surface area (Å²) in [6.07, 6.45) is 2.17. The first-order valence-electron chi connectivity index (χ1n) is 6.72. The van der Waals surface area contributed by atoms with Gasteiger partial charge in [0.1, 0.15) is 0 Å². The summed E-state index contributed by atoms with van der Waals surface area (Å²) in [7, 11) is 0. The van der Waals surface area contributed by atoms with Gasteiger partial charge < -0.3 is 10.0 Å². The number of β-amino-alcohol motifs (C(OH)–C–C–N with tert-alkyl or cyclic N) is 1. The van der Waals surface area contributed by atoms with Crippen LogP contribution in [0.15, 0.2) is 42.5 Å². The van der Waals surface area contributed by atoms with Crippen LogP contribution in [0.1, 0.15) is 24.5 Å². The van der Waals surface area contributed by atoms with Gasteiger partial charge in [-0.2, -0.15) is 0 Å². The Bertz CT molecular complexity index is 531. The van der Waals surface area contributed by atoms with Crippen LogP contribution in [-0.4, -0.2) is 29.6 Å². The predicted octanol–water partition coefficient (Wildman–Crippen LogP) is 2.97. The van der Waals surface area contributed by atoms with Crippen LogP contribution in [0, 0.1) is 0 Å². The van der Waals surface area contributed by atoms with Crippen LogP contribution in [-0.2, 0) is 0 Å². The Kier molecular flexibility index (Phi) is 3.31. The van der Waals surface area contributed by atoms with Crippen molar-refractivity contribution in [3.63, 3.8) is 0 Å². The first-order chi connectivity index (χ1) is 8.83. The normalized spacial score (nSPS) is 18.3. The second-order valence-corrected chi connectivity index (χ2v) is 5.13. The van der Waals surface area contributed by atoms with Gasteiger partial charge in [0, 0.05) is 6.54 Å². The Hall–Kier alpha value is -1.38. The van der Waals surface area contributed by atoms with E-state index in [2.05, 4.69) is 29.2 Å². The van der Waals surface area contributed by atoms with Crippen LogP contribution in [0.5, 0.6) is 0 Å². The van der Waals surface area contributed by atoms with Crippen molar-refractivity contribution in [1.29, 1.82) is 0 Å². The van der Waals surface area contributed by atoms with Crippen LogP contribution in [0.25, 0.3) is 10.8 Å². The third kappa shape index (κ3) is 2.40. The minimum Gasteiger partial charge on any atom is -0.387 e. The summed E-state index contributed by atoms with van der Waals surface area (Å²) in [4.78, 5) is 2.35. The molecule has 2 aromatic rings. The minimum absolute atomic E-state index is 0.368. The number of aliphatic hydroxyl groups is 1. The zero-order valence-electron chi connectivity index (χ0n) is 10.5. The molecule has 2 nitrogen and oxygen atoms in total. The number of likely N-dealkylation sites (tertiary alicyclic amines) is 1. The van der Waals surface area contributed by atoms with Crippen molar-refractivity contribution in [2.75, 3.05) is 19.6 Å². The maximum Gasteiger partial charge on any atom is 0.0917 e. The fourth-order valence-electron chi connectivity index (χ4n) is 2.73. The summed E-state index contributed by atoms with van der Waals surface area (Å²) in [6.45, 7) is 3.02. The van der Waals surface area contributed by atoms with Gasteiger partial charge >= 0.3 is 0 Å². The number of nitrogens with zero attached hydrogens (tertiary/aromatic N) is 1. The molecule has 1 saturated heterocycles. The second kappa shape index (κ2) is 5.09. The SMILES string of the molecule is O[C@@H](CN1CCCC1)c1ccc2ccccc2c1. The quantitative estimate of drug-likeness (QED) is 0.893. The maximum absolute atomic E-state index is 10.3.